The third-order valence-electron chi connectivity index (χ3n) is 3.52. The molecule has 1 aromatic carbocycles. The van der Waals surface area contributed by atoms with E-state index in [2.05, 4.69) is 5.32 Å². The number of rotatable bonds is 6. The predicted molar refractivity (Wildman–Crippen MR) is 74.5 cm³/mol. The molecule has 0 aromatic heterocycles. The average Bonchev–Trinajstić information content (AvgIpc) is 2.36. The van der Waals surface area contributed by atoms with Crippen LogP contribution in [0.2, 0.25) is 0 Å². The number of benzene rings is 1. The van der Waals surface area contributed by atoms with Crippen molar-refractivity contribution in [2.45, 2.75) is 31.9 Å². The Kier molecular flexibility index (Phi) is 4.73. The first-order chi connectivity index (χ1) is 9.50. The fourth-order valence-corrected chi connectivity index (χ4v) is 2.58. The number of carbonyl (C=O) groups excluding carboxylic acids is 1. The van der Waals surface area contributed by atoms with Crippen molar-refractivity contribution in [1.29, 1.82) is 0 Å². The van der Waals surface area contributed by atoms with Crippen LogP contribution in [0.3, 0.4) is 0 Å². The Balaban J connectivity index is 1.68. The monoisotopic (exact) mass is 280 g/mol. The molecule has 1 amide bonds. The molecular weight excluding hydrogens is 259 g/mol. The number of nitrogens with zero attached hydrogens (tertiary/aromatic N) is 1. The summed E-state index contributed by atoms with van der Waals surface area (Å²) in [6.07, 6.45) is 1.72. The Hall–Kier alpha value is -1.46. The number of amides is 1. The lowest BCUT2D eigenvalue weighted by Gasteiger charge is -2.46. The molecule has 20 heavy (non-hydrogen) atoms. The van der Waals surface area contributed by atoms with Crippen LogP contribution in [0, 0.1) is 5.82 Å². The van der Waals surface area contributed by atoms with Gasteiger partial charge in [-0.2, -0.15) is 0 Å². The van der Waals surface area contributed by atoms with Gasteiger partial charge in [0.2, 0.25) is 5.91 Å². The molecule has 1 aromatic rings. The fourth-order valence-electron chi connectivity index (χ4n) is 2.58. The Morgan fingerprint density at radius 3 is 2.65 bits per heavy atom. The predicted octanol–water partition coefficient (Wildman–Crippen LogP) is 1.29. The maximum atomic E-state index is 12.7. The van der Waals surface area contributed by atoms with Crippen molar-refractivity contribution in [3.63, 3.8) is 0 Å². The van der Waals surface area contributed by atoms with Crippen LogP contribution in [-0.4, -0.2) is 41.1 Å². The lowest BCUT2D eigenvalue weighted by atomic mass is 9.89. The van der Waals surface area contributed by atoms with Crippen molar-refractivity contribution < 1.29 is 14.3 Å². The number of carbonyl (C=O) groups is 1. The van der Waals surface area contributed by atoms with Crippen LogP contribution in [0.25, 0.3) is 0 Å². The lowest BCUT2D eigenvalue weighted by molar-refractivity contribution is -0.133. The maximum absolute atomic E-state index is 12.7. The van der Waals surface area contributed by atoms with Crippen molar-refractivity contribution in [1.82, 2.24) is 10.2 Å². The molecule has 1 heterocycles. The van der Waals surface area contributed by atoms with Gasteiger partial charge >= 0.3 is 0 Å². The minimum Gasteiger partial charge on any atom is -0.387 e. The minimum atomic E-state index is -0.605. The first-order valence-electron chi connectivity index (χ1n) is 6.97. The first-order valence-corrected chi connectivity index (χ1v) is 6.97. The highest BCUT2D eigenvalue weighted by atomic mass is 19.1. The summed E-state index contributed by atoms with van der Waals surface area (Å²) in [5.74, 6) is -0.358. The second-order valence-electron chi connectivity index (χ2n) is 5.52. The number of aliphatic hydroxyl groups is 1. The Bertz CT molecular complexity index is 455. The van der Waals surface area contributed by atoms with Gasteiger partial charge in [-0.25, -0.2) is 4.39 Å². The van der Waals surface area contributed by atoms with Crippen molar-refractivity contribution in [3.8, 4) is 0 Å². The molecule has 0 radical (unpaired) electrons. The largest absolute Gasteiger partial charge is 0.387 e. The highest BCUT2D eigenvalue weighted by molar-refractivity contribution is 5.78. The molecule has 110 valence electrons. The van der Waals surface area contributed by atoms with Crippen LogP contribution in [-0.2, 0) is 11.3 Å². The molecule has 0 saturated carbocycles. The van der Waals surface area contributed by atoms with Gasteiger partial charge in [0, 0.05) is 19.6 Å². The Morgan fingerprint density at radius 1 is 1.40 bits per heavy atom. The molecule has 1 aliphatic heterocycles. The Labute approximate surface area is 118 Å². The van der Waals surface area contributed by atoms with E-state index in [1.165, 1.54) is 12.1 Å². The van der Waals surface area contributed by atoms with E-state index in [-0.39, 0.29) is 11.7 Å². The molecule has 0 aliphatic carbocycles. The zero-order valence-corrected chi connectivity index (χ0v) is 11.7. The standard InChI is InChI=1S/C15H21FN2O2/c1-2-7-15(20)10-18(11-15)9-14(19)17-8-12-3-5-13(16)6-4-12/h3-6,20H,2,7-11H2,1H3,(H,17,19). The third kappa shape index (κ3) is 4.02. The van der Waals surface area contributed by atoms with Gasteiger partial charge < -0.3 is 10.4 Å². The normalized spacial score (nSPS) is 17.6. The quantitative estimate of drug-likeness (QED) is 0.825. The number of hydrogen-bond acceptors (Lipinski definition) is 3. The van der Waals surface area contributed by atoms with E-state index < -0.39 is 5.60 Å². The van der Waals surface area contributed by atoms with Gasteiger partial charge in [-0.05, 0) is 24.1 Å². The zero-order chi connectivity index (χ0) is 14.6. The number of nitrogens with one attached hydrogen (secondary N) is 1. The van der Waals surface area contributed by atoms with Gasteiger partial charge in [0.15, 0.2) is 0 Å². The van der Waals surface area contributed by atoms with Crippen LogP contribution in [0.1, 0.15) is 25.3 Å². The summed E-state index contributed by atoms with van der Waals surface area (Å²) in [4.78, 5) is 13.7. The molecule has 2 rings (SSSR count). The molecule has 1 fully saturated rings. The van der Waals surface area contributed by atoms with Crippen molar-refractivity contribution in [3.05, 3.63) is 35.6 Å². The first kappa shape index (κ1) is 14.9. The van der Waals surface area contributed by atoms with Crippen LogP contribution in [0.15, 0.2) is 24.3 Å². The summed E-state index contributed by atoms with van der Waals surface area (Å²) in [7, 11) is 0. The topological polar surface area (TPSA) is 52.6 Å². The fraction of sp³-hybridized carbons (Fsp3) is 0.533. The molecule has 1 saturated heterocycles. The van der Waals surface area contributed by atoms with E-state index in [4.69, 9.17) is 0 Å². The van der Waals surface area contributed by atoms with E-state index in [9.17, 15) is 14.3 Å². The van der Waals surface area contributed by atoms with E-state index >= 15 is 0 Å². The molecule has 0 atom stereocenters. The highest BCUT2D eigenvalue weighted by Gasteiger charge is 2.40. The van der Waals surface area contributed by atoms with E-state index in [1.807, 2.05) is 11.8 Å². The van der Waals surface area contributed by atoms with Gasteiger partial charge in [0.1, 0.15) is 5.82 Å². The lowest BCUT2D eigenvalue weighted by Crippen LogP contribution is -2.63. The van der Waals surface area contributed by atoms with Gasteiger partial charge in [-0.15, -0.1) is 0 Å². The van der Waals surface area contributed by atoms with Gasteiger partial charge in [-0.1, -0.05) is 25.5 Å². The Morgan fingerprint density at radius 2 is 2.05 bits per heavy atom. The van der Waals surface area contributed by atoms with Crippen LogP contribution >= 0.6 is 0 Å². The molecule has 2 N–H and O–H groups in total. The smallest absolute Gasteiger partial charge is 0.234 e. The van der Waals surface area contributed by atoms with Gasteiger partial charge in [0.25, 0.3) is 0 Å². The summed E-state index contributed by atoms with van der Waals surface area (Å²) >= 11 is 0. The average molecular weight is 280 g/mol. The van der Waals surface area contributed by atoms with E-state index in [1.54, 1.807) is 12.1 Å². The van der Waals surface area contributed by atoms with Gasteiger partial charge in [0.05, 0.1) is 12.1 Å². The van der Waals surface area contributed by atoms with Crippen molar-refractivity contribution in [2.75, 3.05) is 19.6 Å². The van der Waals surface area contributed by atoms with Crippen molar-refractivity contribution >= 4 is 5.91 Å². The molecule has 4 nitrogen and oxygen atoms in total. The molecule has 0 spiro atoms. The number of likely N-dealkylation sites (tertiary alicyclic amines) is 1. The highest BCUT2D eigenvalue weighted by Crippen LogP contribution is 2.25. The minimum absolute atomic E-state index is 0.0760. The second kappa shape index (κ2) is 6.33. The number of halogens is 1. The zero-order valence-electron chi connectivity index (χ0n) is 11.7. The van der Waals surface area contributed by atoms with Crippen LogP contribution in [0.4, 0.5) is 4.39 Å². The summed E-state index contributed by atoms with van der Waals surface area (Å²) in [5, 5.41) is 12.8. The number of hydrogen-bond donors (Lipinski definition) is 2. The summed E-state index contributed by atoms with van der Waals surface area (Å²) in [6, 6.07) is 6.06. The summed E-state index contributed by atoms with van der Waals surface area (Å²) in [6.45, 7) is 3.85. The third-order valence-corrected chi connectivity index (χ3v) is 3.52. The molecular formula is C15H21FN2O2. The van der Waals surface area contributed by atoms with E-state index in [0.29, 0.717) is 26.2 Å². The molecule has 1 aliphatic rings. The van der Waals surface area contributed by atoms with Gasteiger partial charge in [-0.3, -0.25) is 9.69 Å². The van der Waals surface area contributed by atoms with Crippen molar-refractivity contribution in [2.24, 2.45) is 0 Å². The second-order valence-corrected chi connectivity index (χ2v) is 5.52. The molecule has 0 unspecified atom stereocenters. The number of β-amino-alcohol motifs (C(OH)–C–C–N with tert-alkyl or cyclic N) is 1. The maximum Gasteiger partial charge on any atom is 0.234 e. The SMILES string of the molecule is CCCC1(O)CN(CC(=O)NCc2ccc(F)cc2)C1. The summed E-state index contributed by atoms with van der Waals surface area (Å²) in [5.41, 5.74) is 0.261. The molecule has 0 bridgehead atoms. The van der Waals surface area contributed by atoms with Crippen LogP contribution < -0.4 is 5.32 Å². The van der Waals surface area contributed by atoms with Crippen LogP contribution in [0.5, 0.6) is 0 Å². The summed E-state index contributed by atoms with van der Waals surface area (Å²) < 4.78 is 12.7. The van der Waals surface area contributed by atoms with E-state index in [0.717, 1.165) is 18.4 Å². The molecule has 5 heteroatoms.